The Balaban J connectivity index is 2.51. The Hall–Kier alpha value is -0.290. The zero-order valence-corrected chi connectivity index (χ0v) is 13.7. The fraction of sp³-hybridized carbons (Fsp3) is 0.500. The van der Waals surface area contributed by atoms with Gasteiger partial charge in [0.15, 0.2) is 0 Å². The van der Waals surface area contributed by atoms with E-state index in [1.807, 2.05) is 24.3 Å². The van der Waals surface area contributed by atoms with Gasteiger partial charge in [-0.15, -0.1) is 11.6 Å². The summed E-state index contributed by atoms with van der Waals surface area (Å²) in [6.45, 7) is 4.79. The van der Waals surface area contributed by atoms with Crippen molar-refractivity contribution < 1.29 is 4.79 Å². The molecule has 1 atom stereocenters. The third-order valence-corrected chi connectivity index (χ3v) is 4.29. The van der Waals surface area contributed by atoms with Crippen LogP contribution in [0.15, 0.2) is 24.3 Å². The van der Waals surface area contributed by atoms with Crippen LogP contribution in [0.3, 0.4) is 0 Å². The van der Waals surface area contributed by atoms with E-state index in [1.54, 1.807) is 0 Å². The largest absolute Gasteiger partial charge is 0.351 e. The molecule has 0 radical (unpaired) electrons. The summed E-state index contributed by atoms with van der Waals surface area (Å²) in [4.78, 5) is 11.9. The second-order valence-corrected chi connectivity index (χ2v) is 6.12. The Morgan fingerprint density at radius 3 is 2.61 bits per heavy atom. The van der Waals surface area contributed by atoms with E-state index in [-0.39, 0.29) is 11.3 Å². The third-order valence-electron chi connectivity index (χ3n) is 3.10. The normalized spacial score (nSPS) is 12.5. The van der Waals surface area contributed by atoms with Gasteiger partial charge in [0.05, 0.1) is 5.38 Å². The van der Waals surface area contributed by atoms with Gasteiger partial charge in [-0.3, -0.25) is 4.79 Å². The maximum Gasteiger partial charge on any atom is 0.251 e. The number of nitrogens with one attached hydrogen (secondary N) is 1. The molecule has 0 aromatic heterocycles. The maximum atomic E-state index is 11.9. The van der Waals surface area contributed by atoms with Gasteiger partial charge in [0.25, 0.3) is 5.91 Å². The van der Waals surface area contributed by atoms with Crippen molar-refractivity contribution in [2.45, 2.75) is 32.1 Å². The lowest BCUT2D eigenvalue weighted by Gasteiger charge is -2.19. The molecule has 4 heteroatoms. The smallest absolute Gasteiger partial charge is 0.251 e. The Morgan fingerprint density at radius 1 is 1.39 bits per heavy atom. The van der Waals surface area contributed by atoms with E-state index in [2.05, 4.69) is 41.8 Å². The highest BCUT2D eigenvalue weighted by Crippen LogP contribution is 2.17. The number of halogens is 2. The molecular formula is C14H19ClINO. The highest BCUT2D eigenvalue weighted by molar-refractivity contribution is 14.1. The molecule has 1 aromatic rings. The van der Waals surface area contributed by atoms with Crippen molar-refractivity contribution in [3.8, 4) is 0 Å². The molecule has 1 N–H and O–H groups in total. The lowest BCUT2D eigenvalue weighted by atomic mass is 9.99. The minimum atomic E-state index is -0.0508. The molecule has 100 valence electrons. The van der Waals surface area contributed by atoms with Crippen molar-refractivity contribution in [2.24, 2.45) is 5.92 Å². The average molecular weight is 380 g/mol. The second kappa shape index (κ2) is 8.00. The SMILES string of the molecule is CCC(CC)C(Cl)CNC(=O)c1cccc(I)c1. The van der Waals surface area contributed by atoms with Crippen molar-refractivity contribution in [3.63, 3.8) is 0 Å². The van der Waals surface area contributed by atoms with E-state index in [0.717, 1.165) is 16.4 Å². The molecule has 1 rings (SSSR count). The Bertz CT molecular complexity index is 393. The van der Waals surface area contributed by atoms with Gasteiger partial charge in [0, 0.05) is 15.7 Å². The molecule has 0 aliphatic carbocycles. The van der Waals surface area contributed by atoms with Crippen LogP contribution in [0.25, 0.3) is 0 Å². The topological polar surface area (TPSA) is 29.1 Å². The van der Waals surface area contributed by atoms with Gasteiger partial charge in [-0.05, 0) is 46.7 Å². The first-order chi connectivity index (χ1) is 8.58. The fourth-order valence-electron chi connectivity index (χ4n) is 1.89. The zero-order chi connectivity index (χ0) is 13.5. The van der Waals surface area contributed by atoms with Gasteiger partial charge in [0.1, 0.15) is 0 Å². The molecule has 1 unspecified atom stereocenters. The van der Waals surface area contributed by atoms with Crippen LogP contribution >= 0.6 is 34.2 Å². The van der Waals surface area contributed by atoms with Crippen LogP contribution in [-0.2, 0) is 0 Å². The van der Waals surface area contributed by atoms with E-state index in [1.165, 1.54) is 0 Å². The van der Waals surface area contributed by atoms with E-state index in [4.69, 9.17) is 11.6 Å². The monoisotopic (exact) mass is 379 g/mol. The molecule has 0 spiro atoms. The number of benzene rings is 1. The van der Waals surface area contributed by atoms with Crippen LogP contribution in [0.2, 0.25) is 0 Å². The molecule has 0 saturated carbocycles. The summed E-state index contributed by atoms with van der Waals surface area (Å²) < 4.78 is 1.06. The summed E-state index contributed by atoms with van der Waals surface area (Å²) in [7, 11) is 0. The highest BCUT2D eigenvalue weighted by Gasteiger charge is 2.16. The Kier molecular flexibility index (Phi) is 7.00. The molecule has 2 nitrogen and oxygen atoms in total. The molecule has 0 saturated heterocycles. The quantitative estimate of drug-likeness (QED) is 0.586. The third kappa shape index (κ3) is 4.76. The first-order valence-corrected chi connectivity index (χ1v) is 7.77. The lowest BCUT2D eigenvalue weighted by Crippen LogP contribution is -2.33. The van der Waals surface area contributed by atoms with Crippen LogP contribution < -0.4 is 5.32 Å². The Morgan fingerprint density at radius 2 is 2.06 bits per heavy atom. The summed E-state index contributed by atoms with van der Waals surface area (Å²) in [6, 6.07) is 7.54. The first-order valence-electron chi connectivity index (χ1n) is 6.26. The summed E-state index contributed by atoms with van der Waals surface area (Å²) in [6.07, 6.45) is 2.09. The van der Waals surface area contributed by atoms with E-state index in [0.29, 0.717) is 18.0 Å². The maximum absolute atomic E-state index is 11.9. The molecule has 0 fully saturated rings. The summed E-state index contributed by atoms with van der Waals surface area (Å²) in [5, 5.41) is 2.91. The Labute approximate surface area is 128 Å². The van der Waals surface area contributed by atoms with Crippen LogP contribution in [0.4, 0.5) is 0 Å². The van der Waals surface area contributed by atoms with Crippen LogP contribution in [-0.4, -0.2) is 17.8 Å². The van der Waals surface area contributed by atoms with Crippen LogP contribution in [0.1, 0.15) is 37.0 Å². The van der Waals surface area contributed by atoms with Gasteiger partial charge < -0.3 is 5.32 Å². The summed E-state index contributed by atoms with van der Waals surface area (Å²) in [5.41, 5.74) is 0.690. The predicted molar refractivity (Wildman–Crippen MR) is 85.2 cm³/mol. The van der Waals surface area contributed by atoms with Gasteiger partial charge in [-0.2, -0.15) is 0 Å². The highest BCUT2D eigenvalue weighted by atomic mass is 127. The van der Waals surface area contributed by atoms with E-state index >= 15 is 0 Å². The molecule has 1 amide bonds. The summed E-state index contributed by atoms with van der Waals surface area (Å²) >= 11 is 8.49. The average Bonchev–Trinajstić information content (AvgIpc) is 2.37. The number of carbonyl (C=O) groups excluding carboxylic acids is 1. The van der Waals surface area contributed by atoms with Crippen molar-refractivity contribution in [2.75, 3.05) is 6.54 Å². The lowest BCUT2D eigenvalue weighted by molar-refractivity contribution is 0.0951. The molecule has 1 aromatic carbocycles. The van der Waals surface area contributed by atoms with Gasteiger partial charge in [-0.1, -0.05) is 32.8 Å². The molecule has 0 aliphatic heterocycles. The molecule has 18 heavy (non-hydrogen) atoms. The number of rotatable bonds is 6. The summed E-state index contributed by atoms with van der Waals surface area (Å²) in [5.74, 6) is 0.410. The number of alkyl halides is 1. The minimum Gasteiger partial charge on any atom is -0.351 e. The van der Waals surface area contributed by atoms with Crippen molar-refractivity contribution in [3.05, 3.63) is 33.4 Å². The minimum absolute atomic E-state index is 0.00624. The van der Waals surface area contributed by atoms with Crippen LogP contribution in [0, 0.1) is 9.49 Å². The predicted octanol–water partition coefficient (Wildman–Crippen LogP) is 4.06. The van der Waals surface area contributed by atoms with E-state index in [9.17, 15) is 4.79 Å². The van der Waals surface area contributed by atoms with Crippen LogP contribution in [0.5, 0.6) is 0 Å². The van der Waals surface area contributed by atoms with Gasteiger partial charge >= 0.3 is 0 Å². The van der Waals surface area contributed by atoms with Crippen molar-refractivity contribution in [1.29, 1.82) is 0 Å². The van der Waals surface area contributed by atoms with E-state index < -0.39 is 0 Å². The number of amides is 1. The zero-order valence-electron chi connectivity index (χ0n) is 10.7. The number of hydrogen-bond donors (Lipinski definition) is 1. The number of carbonyl (C=O) groups is 1. The number of hydrogen-bond acceptors (Lipinski definition) is 1. The molecular weight excluding hydrogens is 361 g/mol. The van der Waals surface area contributed by atoms with Gasteiger partial charge in [-0.25, -0.2) is 0 Å². The molecule has 0 bridgehead atoms. The standard InChI is InChI=1S/C14H19ClINO/c1-3-10(4-2)13(15)9-17-14(18)11-6-5-7-12(16)8-11/h5-8,10,13H,3-4,9H2,1-2H3,(H,17,18). The molecule has 0 heterocycles. The van der Waals surface area contributed by atoms with Gasteiger partial charge in [0.2, 0.25) is 0 Å². The second-order valence-electron chi connectivity index (χ2n) is 4.31. The fourth-order valence-corrected chi connectivity index (χ4v) is 2.87. The van der Waals surface area contributed by atoms with Crippen molar-refractivity contribution in [1.82, 2.24) is 5.32 Å². The van der Waals surface area contributed by atoms with Crippen molar-refractivity contribution >= 4 is 40.1 Å². The first kappa shape index (κ1) is 15.8. The molecule has 0 aliphatic rings.